The lowest BCUT2D eigenvalue weighted by atomic mass is 10.1. The maximum atomic E-state index is 12.8. The Morgan fingerprint density at radius 1 is 1.12 bits per heavy atom. The molecule has 1 aromatic heterocycles. The van der Waals surface area contributed by atoms with Crippen LogP contribution in [0.15, 0.2) is 53.9 Å². The zero-order valence-corrected chi connectivity index (χ0v) is 14.7. The van der Waals surface area contributed by atoms with E-state index < -0.39 is 24.3 Å². The third-order valence-electron chi connectivity index (χ3n) is 3.51. The first-order valence-electron chi connectivity index (χ1n) is 7.76. The molecular weight excluding hydrogens is 355 g/mol. The van der Waals surface area contributed by atoms with Gasteiger partial charge in [0.25, 0.3) is 5.91 Å². The molecule has 0 saturated heterocycles. The number of benzene rings is 2. The van der Waals surface area contributed by atoms with Crippen LogP contribution in [0.4, 0.5) is 9.52 Å². The lowest BCUT2D eigenvalue weighted by Gasteiger charge is -2.04. The molecule has 5 nitrogen and oxygen atoms in total. The van der Waals surface area contributed by atoms with Crippen molar-refractivity contribution in [3.8, 4) is 11.3 Å². The quantitative estimate of drug-likeness (QED) is 0.688. The van der Waals surface area contributed by atoms with E-state index in [1.54, 1.807) is 0 Å². The number of amides is 1. The highest BCUT2D eigenvalue weighted by Gasteiger charge is 2.12. The second-order valence-electron chi connectivity index (χ2n) is 5.54. The number of nitrogens with zero attached hydrogens (tertiary/aromatic N) is 1. The van der Waals surface area contributed by atoms with Gasteiger partial charge in [-0.25, -0.2) is 14.2 Å². The molecule has 0 unspecified atom stereocenters. The van der Waals surface area contributed by atoms with E-state index in [0.717, 1.165) is 29.0 Å². The molecule has 0 aliphatic heterocycles. The van der Waals surface area contributed by atoms with E-state index in [9.17, 15) is 14.0 Å². The molecule has 0 fully saturated rings. The summed E-state index contributed by atoms with van der Waals surface area (Å²) in [7, 11) is 0. The number of carbonyl (C=O) groups is 2. The van der Waals surface area contributed by atoms with Crippen LogP contribution in [-0.2, 0) is 9.53 Å². The van der Waals surface area contributed by atoms with E-state index >= 15 is 0 Å². The Hall–Kier alpha value is -3.06. The van der Waals surface area contributed by atoms with Gasteiger partial charge in [0.1, 0.15) is 5.82 Å². The van der Waals surface area contributed by atoms with Crippen LogP contribution in [0.3, 0.4) is 0 Å². The van der Waals surface area contributed by atoms with Gasteiger partial charge < -0.3 is 4.74 Å². The Morgan fingerprint density at radius 2 is 1.81 bits per heavy atom. The summed E-state index contributed by atoms with van der Waals surface area (Å²) < 4.78 is 17.7. The van der Waals surface area contributed by atoms with Crippen molar-refractivity contribution in [3.05, 3.63) is 70.9 Å². The van der Waals surface area contributed by atoms with Crippen LogP contribution in [0, 0.1) is 12.7 Å². The lowest BCUT2D eigenvalue weighted by molar-refractivity contribution is -0.119. The number of anilines is 1. The Bertz CT molecular complexity index is 921. The third kappa shape index (κ3) is 4.52. The fourth-order valence-electron chi connectivity index (χ4n) is 2.14. The van der Waals surface area contributed by atoms with Crippen molar-refractivity contribution in [2.75, 3.05) is 11.9 Å². The fourth-order valence-corrected chi connectivity index (χ4v) is 2.88. The number of esters is 1. The van der Waals surface area contributed by atoms with Gasteiger partial charge >= 0.3 is 5.97 Å². The largest absolute Gasteiger partial charge is 0.452 e. The zero-order chi connectivity index (χ0) is 18.5. The molecule has 1 N–H and O–H groups in total. The number of aromatic nitrogens is 1. The standard InChI is InChI=1S/C19H15FN2O3S/c1-12-2-4-13(5-3-12)16-11-26-19(21-16)22-17(23)10-25-18(24)14-6-8-15(20)9-7-14/h2-9,11H,10H2,1H3,(H,21,22,23). The molecule has 0 aliphatic rings. The molecule has 1 amide bonds. The van der Waals surface area contributed by atoms with Gasteiger partial charge in [-0.1, -0.05) is 29.8 Å². The maximum absolute atomic E-state index is 12.8. The monoisotopic (exact) mass is 370 g/mol. The minimum Gasteiger partial charge on any atom is -0.452 e. The summed E-state index contributed by atoms with van der Waals surface area (Å²) in [6, 6.07) is 12.8. The Labute approximate surface area is 153 Å². The van der Waals surface area contributed by atoms with Gasteiger partial charge in [0.15, 0.2) is 11.7 Å². The second kappa shape index (κ2) is 7.88. The van der Waals surface area contributed by atoms with Crippen molar-refractivity contribution in [2.45, 2.75) is 6.92 Å². The molecule has 0 aliphatic carbocycles. The van der Waals surface area contributed by atoms with Crippen LogP contribution < -0.4 is 5.32 Å². The van der Waals surface area contributed by atoms with Crippen molar-refractivity contribution < 1.29 is 18.7 Å². The van der Waals surface area contributed by atoms with Gasteiger partial charge in [-0.05, 0) is 31.2 Å². The SMILES string of the molecule is Cc1ccc(-c2csc(NC(=O)COC(=O)c3ccc(F)cc3)n2)cc1. The van der Waals surface area contributed by atoms with Crippen LogP contribution in [-0.4, -0.2) is 23.5 Å². The van der Waals surface area contributed by atoms with Crippen LogP contribution in [0.2, 0.25) is 0 Å². The van der Waals surface area contributed by atoms with Gasteiger partial charge in [-0.3, -0.25) is 10.1 Å². The first-order chi connectivity index (χ1) is 12.5. The highest BCUT2D eigenvalue weighted by Crippen LogP contribution is 2.25. The maximum Gasteiger partial charge on any atom is 0.338 e. The Kier molecular flexibility index (Phi) is 5.38. The second-order valence-corrected chi connectivity index (χ2v) is 6.39. The average molecular weight is 370 g/mol. The highest BCUT2D eigenvalue weighted by atomic mass is 32.1. The summed E-state index contributed by atoms with van der Waals surface area (Å²) in [4.78, 5) is 28.1. The van der Waals surface area contributed by atoms with Gasteiger partial charge in [0, 0.05) is 10.9 Å². The number of aryl methyl sites for hydroxylation is 1. The van der Waals surface area contributed by atoms with E-state index in [1.165, 1.54) is 23.5 Å². The Morgan fingerprint density at radius 3 is 2.50 bits per heavy atom. The molecule has 26 heavy (non-hydrogen) atoms. The summed E-state index contributed by atoms with van der Waals surface area (Å²) in [5, 5.41) is 4.85. The molecule has 132 valence electrons. The minimum atomic E-state index is -0.695. The number of nitrogens with one attached hydrogen (secondary N) is 1. The number of rotatable bonds is 5. The molecular formula is C19H15FN2O3S. The summed E-state index contributed by atoms with van der Waals surface area (Å²) in [6.45, 7) is 1.55. The molecule has 7 heteroatoms. The average Bonchev–Trinajstić information content (AvgIpc) is 3.09. The first kappa shape index (κ1) is 17.8. The molecule has 3 aromatic rings. The zero-order valence-electron chi connectivity index (χ0n) is 13.9. The molecule has 3 rings (SSSR count). The summed E-state index contributed by atoms with van der Waals surface area (Å²) in [5.41, 5.74) is 3.04. The van der Waals surface area contributed by atoms with E-state index in [-0.39, 0.29) is 5.56 Å². The van der Waals surface area contributed by atoms with Crippen molar-refractivity contribution in [1.29, 1.82) is 0 Å². The summed E-state index contributed by atoms with van der Waals surface area (Å²) in [6.07, 6.45) is 0. The number of ether oxygens (including phenoxy) is 1. The lowest BCUT2D eigenvalue weighted by Crippen LogP contribution is -2.20. The fraction of sp³-hybridized carbons (Fsp3) is 0.105. The predicted molar refractivity (Wildman–Crippen MR) is 97.6 cm³/mol. The minimum absolute atomic E-state index is 0.176. The van der Waals surface area contributed by atoms with Crippen LogP contribution in [0.25, 0.3) is 11.3 Å². The highest BCUT2D eigenvalue weighted by molar-refractivity contribution is 7.14. The van der Waals surface area contributed by atoms with Gasteiger partial charge in [-0.2, -0.15) is 0 Å². The van der Waals surface area contributed by atoms with Crippen molar-refractivity contribution in [2.24, 2.45) is 0 Å². The molecule has 0 atom stereocenters. The van der Waals surface area contributed by atoms with Gasteiger partial charge in [-0.15, -0.1) is 11.3 Å². The Balaban J connectivity index is 1.54. The predicted octanol–water partition coefficient (Wildman–Crippen LogP) is 4.05. The van der Waals surface area contributed by atoms with Crippen molar-refractivity contribution >= 4 is 28.3 Å². The number of thiazole rings is 1. The van der Waals surface area contributed by atoms with E-state index in [2.05, 4.69) is 10.3 Å². The van der Waals surface area contributed by atoms with Crippen LogP contribution in [0.5, 0.6) is 0 Å². The normalized spacial score (nSPS) is 10.4. The molecule has 0 bridgehead atoms. The summed E-state index contributed by atoms with van der Waals surface area (Å²) >= 11 is 1.28. The summed E-state index contributed by atoms with van der Waals surface area (Å²) in [5.74, 6) is -1.64. The number of halogens is 1. The number of hydrogen-bond acceptors (Lipinski definition) is 5. The molecule has 0 spiro atoms. The molecule has 0 radical (unpaired) electrons. The molecule has 0 saturated carbocycles. The molecule has 2 aromatic carbocycles. The first-order valence-corrected chi connectivity index (χ1v) is 8.64. The molecule has 1 heterocycles. The number of carbonyl (C=O) groups excluding carboxylic acids is 2. The van der Waals surface area contributed by atoms with Gasteiger partial charge in [0.05, 0.1) is 11.3 Å². The van der Waals surface area contributed by atoms with E-state index in [1.807, 2.05) is 36.6 Å². The smallest absolute Gasteiger partial charge is 0.338 e. The van der Waals surface area contributed by atoms with Crippen LogP contribution >= 0.6 is 11.3 Å². The van der Waals surface area contributed by atoms with E-state index in [0.29, 0.717) is 5.13 Å². The van der Waals surface area contributed by atoms with E-state index in [4.69, 9.17) is 4.74 Å². The van der Waals surface area contributed by atoms with Gasteiger partial charge in [0.2, 0.25) is 0 Å². The topological polar surface area (TPSA) is 68.3 Å². The third-order valence-corrected chi connectivity index (χ3v) is 4.27. The van der Waals surface area contributed by atoms with Crippen LogP contribution in [0.1, 0.15) is 15.9 Å². The van der Waals surface area contributed by atoms with Crippen molar-refractivity contribution in [3.63, 3.8) is 0 Å². The van der Waals surface area contributed by atoms with Crippen molar-refractivity contribution in [1.82, 2.24) is 4.98 Å². The number of hydrogen-bond donors (Lipinski definition) is 1.